The molecule has 5 nitrogen and oxygen atoms in total. The van der Waals surface area contributed by atoms with Gasteiger partial charge >= 0.3 is 0 Å². The summed E-state index contributed by atoms with van der Waals surface area (Å²) in [4.78, 5) is 10.5. The van der Waals surface area contributed by atoms with Gasteiger partial charge in [0.05, 0.1) is 4.92 Å². The Balaban J connectivity index is 2.74. The summed E-state index contributed by atoms with van der Waals surface area (Å²) in [6.45, 7) is 0.456. The normalized spacial score (nSPS) is 12.4. The van der Waals surface area contributed by atoms with E-state index < -0.39 is 4.92 Å². The summed E-state index contributed by atoms with van der Waals surface area (Å²) in [5.74, 6) is 0.842. The first-order valence-corrected chi connectivity index (χ1v) is 7.61. The van der Waals surface area contributed by atoms with Crippen molar-refractivity contribution in [1.82, 2.24) is 5.32 Å². The molecule has 7 heteroatoms. The average Bonchev–Trinajstić information content (AvgIpc) is 2.36. The van der Waals surface area contributed by atoms with E-state index in [9.17, 15) is 10.1 Å². The lowest BCUT2D eigenvalue weighted by Gasteiger charge is -2.16. The van der Waals surface area contributed by atoms with Crippen LogP contribution < -0.4 is 5.32 Å². The Labute approximate surface area is 121 Å². The molecule has 0 saturated carbocycles. The first kappa shape index (κ1) is 16.2. The Morgan fingerprint density at radius 1 is 1.58 bits per heavy atom. The molecule has 1 aromatic carbocycles. The quantitative estimate of drug-likeness (QED) is 0.570. The molecule has 2 N–H and O–H groups in total. The number of hydrogen-bond acceptors (Lipinski definition) is 5. The van der Waals surface area contributed by atoms with Gasteiger partial charge in [0.1, 0.15) is 0 Å². The van der Waals surface area contributed by atoms with Crippen LogP contribution in [0.4, 0.5) is 5.69 Å². The van der Waals surface area contributed by atoms with E-state index in [1.165, 1.54) is 12.1 Å². The minimum absolute atomic E-state index is 0.0591. The Hall–Kier alpha value is -0.820. The SMILES string of the molecule is CSCC(CCO)NCc1cc(Cl)ccc1[N+](=O)[O-]. The van der Waals surface area contributed by atoms with Gasteiger partial charge < -0.3 is 10.4 Å². The van der Waals surface area contributed by atoms with Crippen LogP contribution >= 0.6 is 23.4 Å². The van der Waals surface area contributed by atoms with E-state index >= 15 is 0 Å². The Kier molecular flexibility index (Phi) is 7.15. The molecule has 0 aliphatic carbocycles. The van der Waals surface area contributed by atoms with Crippen molar-refractivity contribution in [3.05, 3.63) is 38.9 Å². The van der Waals surface area contributed by atoms with E-state index in [0.29, 0.717) is 23.6 Å². The second-order valence-corrected chi connectivity index (χ2v) is 5.42. The van der Waals surface area contributed by atoms with Crippen LogP contribution in [0.2, 0.25) is 5.02 Å². The summed E-state index contributed by atoms with van der Waals surface area (Å²) in [5, 5.41) is 23.6. The number of rotatable bonds is 8. The van der Waals surface area contributed by atoms with Crippen LogP contribution in [0.3, 0.4) is 0 Å². The maximum Gasteiger partial charge on any atom is 0.273 e. The highest BCUT2D eigenvalue weighted by Crippen LogP contribution is 2.22. The van der Waals surface area contributed by atoms with Crippen LogP contribution in [-0.2, 0) is 6.54 Å². The van der Waals surface area contributed by atoms with Crippen molar-refractivity contribution in [3.8, 4) is 0 Å². The number of nitrogens with zero attached hydrogens (tertiary/aromatic N) is 1. The predicted octanol–water partition coefficient (Wildman–Crippen LogP) is 2.45. The van der Waals surface area contributed by atoms with E-state index in [4.69, 9.17) is 16.7 Å². The van der Waals surface area contributed by atoms with Crippen molar-refractivity contribution in [2.24, 2.45) is 0 Å². The van der Waals surface area contributed by atoms with Crippen LogP contribution in [-0.4, -0.2) is 34.7 Å². The maximum absolute atomic E-state index is 10.9. The highest BCUT2D eigenvalue weighted by molar-refractivity contribution is 7.98. The number of halogens is 1. The third-order valence-corrected chi connectivity index (χ3v) is 3.64. The number of benzene rings is 1. The molecule has 0 aliphatic rings. The van der Waals surface area contributed by atoms with Crippen LogP contribution in [0.15, 0.2) is 18.2 Å². The second-order valence-electron chi connectivity index (χ2n) is 4.08. The summed E-state index contributed by atoms with van der Waals surface area (Å²) < 4.78 is 0. The molecule has 0 radical (unpaired) electrons. The van der Waals surface area contributed by atoms with Crippen LogP contribution in [0.25, 0.3) is 0 Å². The number of thioether (sulfide) groups is 1. The predicted molar refractivity (Wildman–Crippen MR) is 78.8 cm³/mol. The maximum atomic E-state index is 10.9. The van der Waals surface area contributed by atoms with Crippen molar-refractivity contribution in [2.45, 2.75) is 19.0 Å². The number of aliphatic hydroxyl groups is 1. The van der Waals surface area contributed by atoms with E-state index in [1.54, 1.807) is 17.8 Å². The van der Waals surface area contributed by atoms with Crippen LogP contribution in [0, 0.1) is 10.1 Å². The van der Waals surface area contributed by atoms with Gasteiger partial charge in [0.15, 0.2) is 0 Å². The van der Waals surface area contributed by atoms with E-state index in [2.05, 4.69) is 5.32 Å². The van der Waals surface area contributed by atoms with E-state index in [1.807, 2.05) is 6.26 Å². The summed E-state index contributed by atoms with van der Waals surface area (Å²) in [6, 6.07) is 4.64. The number of nitrogens with one attached hydrogen (secondary N) is 1. The number of nitro groups is 1. The average molecular weight is 305 g/mol. The molecule has 0 aliphatic heterocycles. The number of aliphatic hydroxyl groups excluding tert-OH is 1. The third-order valence-electron chi connectivity index (χ3n) is 2.66. The lowest BCUT2D eigenvalue weighted by Crippen LogP contribution is -2.32. The molecule has 0 bridgehead atoms. The molecule has 106 valence electrons. The number of hydrogen-bond donors (Lipinski definition) is 2. The molecule has 0 saturated heterocycles. The van der Waals surface area contributed by atoms with E-state index in [0.717, 1.165) is 5.75 Å². The highest BCUT2D eigenvalue weighted by atomic mass is 35.5. The largest absolute Gasteiger partial charge is 0.396 e. The summed E-state index contributed by atoms with van der Waals surface area (Å²) in [6.07, 6.45) is 2.60. The fourth-order valence-corrected chi connectivity index (χ4v) is 2.61. The van der Waals surface area contributed by atoms with Crippen LogP contribution in [0.5, 0.6) is 0 Å². The zero-order valence-corrected chi connectivity index (χ0v) is 12.2. The molecular formula is C12H17ClN2O3S. The van der Waals surface area contributed by atoms with Crippen molar-refractivity contribution in [3.63, 3.8) is 0 Å². The van der Waals surface area contributed by atoms with Gasteiger partial charge in [0.25, 0.3) is 5.69 Å². The van der Waals surface area contributed by atoms with Crippen molar-refractivity contribution >= 4 is 29.1 Å². The van der Waals surface area contributed by atoms with Gasteiger partial charge in [-0.1, -0.05) is 11.6 Å². The molecule has 1 aromatic rings. The minimum atomic E-state index is -0.414. The lowest BCUT2D eigenvalue weighted by molar-refractivity contribution is -0.385. The molecule has 1 unspecified atom stereocenters. The smallest absolute Gasteiger partial charge is 0.273 e. The number of nitro benzene ring substituents is 1. The highest BCUT2D eigenvalue weighted by Gasteiger charge is 2.15. The zero-order chi connectivity index (χ0) is 14.3. The van der Waals surface area contributed by atoms with Gasteiger partial charge in [-0.05, 0) is 24.8 Å². The molecule has 1 rings (SSSR count). The fraction of sp³-hybridized carbons (Fsp3) is 0.500. The van der Waals surface area contributed by atoms with Crippen molar-refractivity contribution < 1.29 is 10.0 Å². The monoisotopic (exact) mass is 304 g/mol. The molecule has 0 aromatic heterocycles. The molecule has 1 atom stereocenters. The first-order chi connectivity index (χ1) is 9.08. The Morgan fingerprint density at radius 3 is 2.89 bits per heavy atom. The van der Waals surface area contributed by atoms with Gasteiger partial charge in [0.2, 0.25) is 0 Å². The third kappa shape index (κ3) is 5.36. The molecule has 19 heavy (non-hydrogen) atoms. The van der Waals surface area contributed by atoms with Gasteiger partial charge in [-0.3, -0.25) is 10.1 Å². The van der Waals surface area contributed by atoms with Crippen LogP contribution in [0.1, 0.15) is 12.0 Å². The Morgan fingerprint density at radius 2 is 2.32 bits per heavy atom. The summed E-state index contributed by atoms with van der Waals surface area (Å²) in [7, 11) is 0. The molecular weight excluding hydrogens is 288 g/mol. The fourth-order valence-electron chi connectivity index (χ4n) is 1.73. The zero-order valence-electron chi connectivity index (χ0n) is 10.6. The Bertz CT molecular complexity index is 425. The van der Waals surface area contributed by atoms with Gasteiger partial charge in [-0.2, -0.15) is 11.8 Å². The standard InChI is InChI=1S/C12H17ClN2O3S/c1-19-8-11(4-5-16)14-7-9-6-10(13)2-3-12(9)15(17)18/h2-3,6,11,14,16H,4-5,7-8H2,1H3. The summed E-state index contributed by atoms with van der Waals surface area (Å²) in [5.41, 5.74) is 0.616. The van der Waals surface area contributed by atoms with Crippen molar-refractivity contribution in [1.29, 1.82) is 0 Å². The molecule has 0 fully saturated rings. The topological polar surface area (TPSA) is 75.4 Å². The molecule has 0 heterocycles. The van der Waals surface area contributed by atoms with Gasteiger partial charge in [-0.25, -0.2) is 0 Å². The van der Waals surface area contributed by atoms with Crippen molar-refractivity contribution in [2.75, 3.05) is 18.6 Å². The van der Waals surface area contributed by atoms with Gasteiger partial charge in [0, 0.05) is 41.6 Å². The van der Waals surface area contributed by atoms with Gasteiger partial charge in [-0.15, -0.1) is 0 Å². The van der Waals surface area contributed by atoms with E-state index in [-0.39, 0.29) is 18.3 Å². The second kappa shape index (κ2) is 8.37. The summed E-state index contributed by atoms with van der Waals surface area (Å²) >= 11 is 7.53. The minimum Gasteiger partial charge on any atom is -0.396 e. The molecule has 0 spiro atoms. The lowest BCUT2D eigenvalue weighted by atomic mass is 10.1. The first-order valence-electron chi connectivity index (χ1n) is 5.84. The molecule has 0 amide bonds.